The Labute approximate surface area is 115 Å². The van der Waals surface area contributed by atoms with Crippen molar-refractivity contribution in [1.29, 1.82) is 0 Å². The van der Waals surface area contributed by atoms with Crippen LogP contribution in [-0.2, 0) is 6.18 Å². The molecule has 0 aliphatic carbocycles. The van der Waals surface area contributed by atoms with E-state index in [1.165, 1.54) is 12.1 Å². The second-order valence-corrected chi connectivity index (χ2v) is 5.04. The maximum Gasteiger partial charge on any atom is 0.418 e. The van der Waals surface area contributed by atoms with Crippen LogP contribution in [-0.4, -0.2) is 18.4 Å². The van der Waals surface area contributed by atoms with Gasteiger partial charge in [0.2, 0.25) is 0 Å². The van der Waals surface area contributed by atoms with Crippen molar-refractivity contribution in [2.24, 2.45) is 0 Å². The third-order valence-electron chi connectivity index (χ3n) is 3.56. The van der Waals surface area contributed by atoms with Gasteiger partial charge in [-0.2, -0.15) is 13.2 Å². The summed E-state index contributed by atoms with van der Waals surface area (Å²) in [6, 6.07) is 3.51. The second kappa shape index (κ2) is 5.83. The van der Waals surface area contributed by atoms with Crippen molar-refractivity contribution in [3.63, 3.8) is 0 Å². The van der Waals surface area contributed by atoms with Gasteiger partial charge in [-0.15, -0.1) is 0 Å². The quantitative estimate of drug-likeness (QED) is 0.663. The van der Waals surface area contributed by atoms with E-state index >= 15 is 0 Å². The molecule has 6 heteroatoms. The van der Waals surface area contributed by atoms with Crippen molar-refractivity contribution in [2.45, 2.75) is 37.9 Å². The first-order valence-electron chi connectivity index (χ1n) is 6.62. The fourth-order valence-electron chi connectivity index (χ4n) is 2.49. The number of nitrogens with two attached hydrogens (primary N) is 1. The lowest BCUT2D eigenvalue weighted by Gasteiger charge is -2.23. The van der Waals surface area contributed by atoms with Gasteiger partial charge in [0.15, 0.2) is 5.78 Å². The van der Waals surface area contributed by atoms with E-state index in [1.807, 2.05) is 0 Å². The Morgan fingerprint density at radius 1 is 1.35 bits per heavy atom. The number of para-hydroxylation sites is 1. The molecule has 0 saturated carbocycles. The normalized spacial score (nSPS) is 19.9. The van der Waals surface area contributed by atoms with Crippen LogP contribution in [0.15, 0.2) is 18.2 Å². The van der Waals surface area contributed by atoms with Crippen LogP contribution in [0.2, 0.25) is 0 Å². The van der Waals surface area contributed by atoms with E-state index in [2.05, 4.69) is 5.32 Å². The number of Topliss-reactive ketones (excluding diaryl/α,β-unsaturated/α-hetero) is 1. The molecule has 1 atom stereocenters. The molecule has 1 saturated heterocycles. The number of halogens is 3. The third kappa shape index (κ3) is 3.30. The molecule has 1 aromatic rings. The highest BCUT2D eigenvalue weighted by Gasteiger charge is 2.34. The fraction of sp³-hybridized carbons (Fsp3) is 0.500. The number of hydrogen-bond acceptors (Lipinski definition) is 3. The zero-order chi connectivity index (χ0) is 14.8. The smallest absolute Gasteiger partial charge is 0.398 e. The minimum absolute atomic E-state index is 0.0326. The van der Waals surface area contributed by atoms with Gasteiger partial charge in [-0.3, -0.25) is 4.79 Å². The predicted molar refractivity (Wildman–Crippen MR) is 70.4 cm³/mol. The van der Waals surface area contributed by atoms with Gasteiger partial charge in [0.25, 0.3) is 0 Å². The fourth-order valence-corrected chi connectivity index (χ4v) is 2.49. The maximum absolute atomic E-state index is 12.7. The summed E-state index contributed by atoms with van der Waals surface area (Å²) in [5.74, 6) is -0.340. The van der Waals surface area contributed by atoms with E-state index in [0.717, 1.165) is 31.9 Å². The number of carbonyl (C=O) groups excluding carboxylic acids is 1. The number of carbonyl (C=O) groups is 1. The van der Waals surface area contributed by atoms with Crippen molar-refractivity contribution >= 4 is 11.5 Å². The largest absolute Gasteiger partial charge is 0.418 e. The summed E-state index contributed by atoms with van der Waals surface area (Å²) in [5.41, 5.74) is 4.06. The van der Waals surface area contributed by atoms with Crippen LogP contribution in [0.1, 0.15) is 41.6 Å². The van der Waals surface area contributed by atoms with Gasteiger partial charge in [0, 0.05) is 18.0 Å². The van der Waals surface area contributed by atoms with Crippen LogP contribution in [0.4, 0.5) is 18.9 Å². The standard InChI is InChI=1S/C14H17F3N2O/c15-14(16,17)11-6-3-5-10(13(11)18)12(20)8-9-4-1-2-7-19-9/h3,5-6,9,19H,1-2,4,7-8,18H2. The predicted octanol–water partition coefficient (Wildman–Crippen LogP) is 3.00. The van der Waals surface area contributed by atoms with E-state index in [1.54, 1.807) is 0 Å². The van der Waals surface area contributed by atoms with E-state index in [4.69, 9.17) is 5.73 Å². The lowest BCUT2D eigenvalue weighted by molar-refractivity contribution is -0.136. The molecule has 0 bridgehead atoms. The molecule has 110 valence electrons. The first-order valence-corrected chi connectivity index (χ1v) is 6.62. The van der Waals surface area contributed by atoms with Gasteiger partial charge in [-0.1, -0.05) is 12.5 Å². The van der Waals surface area contributed by atoms with Crippen LogP contribution in [0.3, 0.4) is 0 Å². The summed E-state index contributed by atoms with van der Waals surface area (Å²) >= 11 is 0. The number of ketones is 1. The first-order chi connectivity index (χ1) is 9.39. The van der Waals surface area contributed by atoms with Gasteiger partial charge in [0.1, 0.15) is 0 Å². The van der Waals surface area contributed by atoms with Crippen LogP contribution in [0, 0.1) is 0 Å². The Morgan fingerprint density at radius 3 is 2.70 bits per heavy atom. The van der Waals surface area contributed by atoms with Crippen molar-refractivity contribution in [1.82, 2.24) is 5.32 Å². The van der Waals surface area contributed by atoms with Crippen molar-refractivity contribution < 1.29 is 18.0 Å². The van der Waals surface area contributed by atoms with Crippen LogP contribution < -0.4 is 11.1 Å². The Balaban J connectivity index is 2.17. The summed E-state index contributed by atoms with van der Waals surface area (Å²) in [6.45, 7) is 0.843. The Bertz CT molecular complexity index is 494. The van der Waals surface area contributed by atoms with E-state index in [0.29, 0.717) is 0 Å². The second-order valence-electron chi connectivity index (χ2n) is 5.04. The lowest BCUT2D eigenvalue weighted by atomic mass is 9.95. The number of piperidine rings is 1. The molecule has 1 fully saturated rings. The minimum atomic E-state index is -4.54. The third-order valence-corrected chi connectivity index (χ3v) is 3.56. The molecule has 3 N–H and O–H groups in total. The van der Waals surface area contributed by atoms with Gasteiger partial charge < -0.3 is 11.1 Å². The summed E-state index contributed by atoms with van der Waals surface area (Å²) in [7, 11) is 0. The number of nitrogen functional groups attached to an aromatic ring is 1. The number of hydrogen-bond donors (Lipinski definition) is 2. The van der Waals surface area contributed by atoms with Crippen LogP contribution >= 0.6 is 0 Å². The summed E-state index contributed by atoms with van der Waals surface area (Å²) < 4.78 is 38.2. The molecule has 20 heavy (non-hydrogen) atoms. The molecule has 0 amide bonds. The van der Waals surface area contributed by atoms with Crippen molar-refractivity contribution in [3.05, 3.63) is 29.3 Å². The molecule has 1 aliphatic rings. The number of rotatable bonds is 3. The van der Waals surface area contributed by atoms with Gasteiger partial charge >= 0.3 is 6.18 Å². The highest BCUT2D eigenvalue weighted by molar-refractivity contribution is 6.01. The monoisotopic (exact) mass is 286 g/mol. The highest BCUT2D eigenvalue weighted by Crippen LogP contribution is 2.35. The van der Waals surface area contributed by atoms with Crippen LogP contribution in [0.25, 0.3) is 0 Å². The first kappa shape index (κ1) is 14.8. The molecule has 0 spiro atoms. The molecule has 2 rings (SSSR count). The van der Waals surface area contributed by atoms with Gasteiger partial charge in [-0.05, 0) is 31.5 Å². The number of nitrogens with one attached hydrogen (secondary N) is 1. The van der Waals surface area contributed by atoms with Crippen molar-refractivity contribution in [3.8, 4) is 0 Å². The molecule has 0 aromatic heterocycles. The topological polar surface area (TPSA) is 55.1 Å². The molecular weight excluding hydrogens is 269 g/mol. The molecular formula is C14H17F3N2O. The highest BCUT2D eigenvalue weighted by atomic mass is 19.4. The van der Waals surface area contributed by atoms with E-state index in [-0.39, 0.29) is 23.8 Å². The molecule has 1 aliphatic heterocycles. The minimum Gasteiger partial charge on any atom is -0.398 e. The Morgan fingerprint density at radius 2 is 2.10 bits per heavy atom. The number of benzene rings is 1. The molecule has 0 radical (unpaired) electrons. The van der Waals surface area contributed by atoms with Gasteiger partial charge in [-0.25, -0.2) is 0 Å². The Hall–Kier alpha value is -1.56. The van der Waals surface area contributed by atoms with Crippen LogP contribution in [0.5, 0.6) is 0 Å². The molecule has 1 unspecified atom stereocenters. The number of anilines is 1. The maximum atomic E-state index is 12.7. The lowest BCUT2D eigenvalue weighted by Crippen LogP contribution is -2.35. The van der Waals surface area contributed by atoms with Crippen molar-refractivity contribution in [2.75, 3.05) is 12.3 Å². The van der Waals surface area contributed by atoms with E-state index < -0.39 is 17.4 Å². The van der Waals surface area contributed by atoms with Gasteiger partial charge in [0.05, 0.1) is 11.3 Å². The summed E-state index contributed by atoms with van der Waals surface area (Å²) in [6.07, 6.45) is -1.39. The Kier molecular flexibility index (Phi) is 4.32. The summed E-state index contributed by atoms with van der Waals surface area (Å²) in [5, 5.41) is 3.20. The average Bonchev–Trinajstić information content (AvgIpc) is 2.38. The molecule has 1 aromatic carbocycles. The number of alkyl halides is 3. The molecule has 1 heterocycles. The van der Waals surface area contributed by atoms with E-state index in [9.17, 15) is 18.0 Å². The average molecular weight is 286 g/mol. The zero-order valence-corrected chi connectivity index (χ0v) is 11.0. The summed E-state index contributed by atoms with van der Waals surface area (Å²) in [4.78, 5) is 12.1. The SMILES string of the molecule is Nc1c(C(=O)CC2CCCCN2)cccc1C(F)(F)F. The molecule has 3 nitrogen and oxygen atoms in total. The zero-order valence-electron chi connectivity index (χ0n) is 11.0.